The van der Waals surface area contributed by atoms with Gasteiger partial charge in [-0.15, -0.1) is 0 Å². The molecule has 0 aliphatic carbocycles. The molecule has 0 aliphatic heterocycles. The third kappa shape index (κ3) is 3.92. The lowest BCUT2D eigenvalue weighted by atomic mass is 10.2. The Morgan fingerprint density at radius 1 is 1.42 bits per heavy atom. The second-order valence-corrected chi connectivity index (χ2v) is 3.73. The molecule has 1 rings (SSSR count). The predicted molar refractivity (Wildman–Crippen MR) is 66.7 cm³/mol. The van der Waals surface area contributed by atoms with E-state index in [1.165, 1.54) is 4.90 Å². The Balaban J connectivity index is 2.89. The Morgan fingerprint density at radius 2 is 2.11 bits per heavy atom. The van der Waals surface area contributed by atoms with Gasteiger partial charge in [-0.3, -0.25) is 0 Å². The summed E-state index contributed by atoms with van der Waals surface area (Å²) in [6.45, 7) is 1.95. The standard InChI is InChI=1S/C12H15FN2O4/c1-2-15(5-6-16)12(19)14-10-7-8(11(17)18)3-4-9(10)13/h3-4,7,16H,2,5-6H2,1H3,(H,14,19)(H,17,18). The second-order valence-electron chi connectivity index (χ2n) is 3.73. The number of nitrogens with zero attached hydrogens (tertiary/aromatic N) is 1. The maximum absolute atomic E-state index is 13.5. The van der Waals surface area contributed by atoms with Crippen LogP contribution in [0.4, 0.5) is 14.9 Å². The van der Waals surface area contributed by atoms with Crippen LogP contribution < -0.4 is 5.32 Å². The maximum Gasteiger partial charge on any atom is 0.335 e. The third-order valence-corrected chi connectivity index (χ3v) is 2.49. The summed E-state index contributed by atoms with van der Waals surface area (Å²) in [6.07, 6.45) is 0. The zero-order chi connectivity index (χ0) is 14.4. The fourth-order valence-corrected chi connectivity index (χ4v) is 1.47. The van der Waals surface area contributed by atoms with Crippen molar-refractivity contribution in [1.82, 2.24) is 4.90 Å². The summed E-state index contributed by atoms with van der Waals surface area (Å²) < 4.78 is 13.5. The number of amides is 2. The lowest BCUT2D eigenvalue weighted by molar-refractivity contribution is 0.0697. The van der Waals surface area contributed by atoms with Gasteiger partial charge in [0.15, 0.2) is 0 Å². The fraction of sp³-hybridized carbons (Fsp3) is 0.333. The Morgan fingerprint density at radius 3 is 2.63 bits per heavy atom. The molecule has 19 heavy (non-hydrogen) atoms. The number of halogens is 1. The average molecular weight is 270 g/mol. The number of aliphatic hydroxyl groups excluding tert-OH is 1. The van der Waals surface area contributed by atoms with Gasteiger partial charge in [-0.1, -0.05) is 0 Å². The Labute approximate surface area is 109 Å². The molecule has 0 fully saturated rings. The smallest absolute Gasteiger partial charge is 0.335 e. The topological polar surface area (TPSA) is 89.9 Å². The molecule has 2 amide bonds. The molecule has 0 spiro atoms. The van der Waals surface area contributed by atoms with Crippen LogP contribution in [-0.4, -0.2) is 46.8 Å². The molecular weight excluding hydrogens is 255 g/mol. The van der Waals surface area contributed by atoms with Crippen molar-refractivity contribution in [2.45, 2.75) is 6.92 Å². The maximum atomic E-state index is 13.5. The molecule has 0 saturated carbocycles. The van der Waals surface area contributed by atoms with E-state index in [9.17, 15) is 14.0 Å². The molecule has 7 heteroatoms. The van der Waals surface area contributed by atoms with Crippen molar-refractivity contribution in [2.75, 3.05) is 25.0 Å². The van der Waals surface area contributed by atoms with Crippen LogP contribution in [0.2, 0.25) is 0 Å². The lowest BCUT2D eigenvalue weighted by Gasteiger charge is -2.20. The van der Waals surface area contributed by atoms with Gasteiger partial charge >= 0.3 is 12.0 Å². The van der Waals surface area contributed by atoms with E-state index in [1.807, 2.05) is 0 Å². The van der Waals surface area contributed by atoms with E-state index in [-0.39, 0.29) is 24.4 Å². The van der Waals surface area contributed by atoms with E-state index in [4.69, 9.17) is 10.2 Å². The van der Waals surface area contributed by atoms with Crippen LogP contribution in [0.5, 0.6) is 0 Å². The van der Waals surface area contributed by atoms with E-state index in [0.717, 1.165) is 18.2 Å². The van der Waals surface area contributed by atoms with Crippen molar-refractivity contribution >= 4 is 17.7 Å². The van der Waals surface area contributed by atoms with Crippen molar-refractivity contribution in [3.8, 4) is 0 Å². The molecule has 3 N–H and O–H groups in total. The van der Waals surface area contributed by atoms with Crippen LogP contribution >= 0.6 is 0 Å². The van der Waals surface area contributed by atoms with Crippen LogP contribution in [0.1, 0.15) is 17.3 Å². The van der Waals surface area contributed by atoms with E-state index >= 15 is 0 Å². The number of benzene rings is 1. The Kier molecular flexibility index (Phi) is 5.25. The number of carboxylic acid groups (broad SMARTS) is 1. The van der Waals surface area contributed by atoms with E-state index in [2.05, 4.69) is 5.32 Å². The fourth-order valence-electron chi connectivity index (χ4n) is 1.47. The number of nitrogens with one attached hydrogen (secondary N) is 1. The van der Waals surface area contributed by atoms with Crippen LogP contribution in [0.25, 0.3) is 0 Å². The summed E-state index contributed by atoms with van der Waals surface area (Å²) in [6, 6.07) is 2.53. The number of anilines is 1. The van der Waals surface area contributed by atoms with Gasteiger partial charge in [-0.25, -0.2) is 14.0 Å². The summed E-state index contributed by atoms with van der Waals surface area (Å²) in [4.78, 5) is 23.8. The first-order valence-electron chi connectivity index (χ1n) is 5.69. The highest BCUT2D eigenvalue weighted by molar-refractivity contribution is 5.93. The minimum atomic E-state index is -1.21. The van der Waals surface area contributed by atoms with Gasteiger partial charge in [0, 0.05) is 13.1 Å². The highest BCUT2D eigenvalue weighted by atomic mass is 19.1. The highest BCUT2D eigenvalue weighted by Crippen LogP contribution is 2.16. The van der Waals surface area contributed by atoms with E-state index in [1.54, 1.807) is 6.92 Å². The van der Waals surface area contributed by atoms with Gasteiger partial charge in [-0.2, -0.15) is 0 Å². The van der Waals surface area contributed by atoms with Crippen LogP contribution in [0.3, 0.4) is 0 Å². The molecule has 104 valence electrons. The number of likely N-dealkylation sites (N-methyl/N-ethyl adjacent to an activating group) is 1. The quantitative estimate of drug-likeness (QED) is 0.753. The number of hydrogen-bond donors (Lipinski definition) is 3. The molecule has 0 radical (unpaired) electrons. The summed E-state index contributed by atoms with van der Waals surface area (Å²) in [7, 11) is 0. The molecule has 0 aromatic heterocycles. The molecular formula is C12H15FN2O4. The average Bonchev–Trinajstić information content (AvgIpc) is 2.38. The predicted octanol–water partition coefficient (Wildman–Crippen LogP) is 1.37. The minimum absolute atomic E-state index is 0.114. The normalized spacial score (nSPS) is 10.1. The molecule has 6 nitrogen and oxygen atoms in total. The highest BCUT2D eigenvalue weighted by Gasteiger charge is 2.14. The number of carbonyl (C=O) groups is 2. The van der Waals surface area contributed by atoms with Crippen molar-refractivity contribution in [1.29, 1.82) is 0 Å². The lowest BCUT2D eigenvalue weighted by Crippen LogP contribution is -2.37. The minimum Gasteiger partial charge on any atom is -0.478 e. The third-order valence-electron chi connectivity index (χ3n) is 2.49. The first-order chi connectivity index (χ1) is 8.99. The Hall–Kier alpha value is -2.15. The van der Waals surface area contributed by atoms with Crippen molar-refractivity contribution < 1.29 is 24.2 Å². The molecule has 1 aromatic rings. The molecule has 0 atom stereocenters. The molecule has 0 heterocycles. The zero-order valence-electron chi connectivity index (χ0n) is 10.4. The largest absolute Gasteiger partial charge is 0.478 e. The van der Waals surface area contributed by atoms with Gasteiger partial charge in [0.2, 0.25) is 0 Å². The molecule has 0 saturated heterocycles. The van der Waals surface area contributed by atoms with Crippen molar-refractivity contribution in [2.24, 2.45) is 0 Å². The molecule has 0 aliphatic rings. The first-order valence-corrected chi connectivity index (χ1v) is 5.69. The van der Waals surface area contributed by atoms with Crippen molar-refractivity contribution in [3.05, 3.63) is 29.6 Å². The van der Waals surface area contributed by atoms with E-state index in [0.29, 0.717) is 6.54 Å². The summed E-state index contributed by atoms with van der Waals surface area (Å²) in [5, 5.41) is 19.9. The number of carboxylic acids is 1. The van der Waals surface area contributed by atoms with E-state index < -0.39 is 17.8 Å². The van der Waals surface area contributed by atoms with Gasteiger partial charge in [-0.05, 0) is 25.1 Å². The SMILES string of the molecule is CCN(CCO)C(=O)Nc1cc(C(=O)O)ccc1F. The summed E-state index contributed by atoms with van der Waals surface area (Å²) >= 11 is 0. The second kappa shape index (κ2) is 6.69. The molecule has 0 bridgehead atoms. The van der Waals surface area contributed by atoms with Gasteiger partial charge in [0.05, 0.1) is 17.9 Å². The van der Waals surface area contributed by atoms with Gasteiger partial charge in [0.1, 0.15) is 5.82 Å². The van der Waals surface area contributed by atoms with Crippen LogP contribution in [0, 0.1) is 5.82 Å². The number of rotatable bonds is 5. The molecule has 1 aromatic carbocycles. The van der Waals surface area contributed by atoms with Crippen LogP contribution in [-0.2, 0) is 0 Å². The Bertz CT molecular complexity index is 479. The van der Waals surface area contributed by atoms with Crippen LogP contribution in [0.15, 0.2) is 18.2 Å². The number of carbonyl (C=O) groups excluding carboxylic acids is 1. The molecule has 0 unspecified atom stereocenters. The monoisotopic (exact) mass is 270 g/mol. The summed E-state index contributed by atoms with van der Waals surface area (Å²) in [5.41, 5.74) is -0.330. The van der Waals surface area contributed by atoms with Gasteiger partial charge < -0.3 is 20.4 Å². The summed E-state index contributed by atoms with van der Waals surface area (Å²) in [5.74, 6) is -1.93. The van der Waals surface area contributed by atoms with Crippen molar-refractivity contribution in [3.63, 3.8) is 0 Å². The number of urea groups is 1. The number of aliphatic hydroxyl groups is 1. The van der Waals surface area contributed by atoms with Gasteiger partial charge in [0.25, 0.3) is 0 Å². The number of aromatic carboxylic acids is 1. The zero-order valence-corrected chi connectivity index (χ0v) is 10.4. The number of hydrogen-bond acceptors (Lipinski definition) is 3. The first kappa shape index (κ1) is 14.9.